The van der Waals surface area contributed by atoms with Crippen molar-refractivity contribution in [1.82, 2.24) is 9.80 Å². The summed E-state index contributed by atoms with van der Waals surface area (Å²) in [5.74, 6) is 0.960. The molecule has 5 rings (SSSR count). The lowest BCUT2D eigenvalue weighted by Gasteiger charge is -2.37. The first-order valence-corrected chi connectivity index (χ1v) is 13.8. The van der Waals surface area contributed by atoms with Crippen LogP contribution in [0.5, 0.6) is 0 Å². The van der Waals surface area contributed by atoms with Crippen LogP contribution in [0.4, 0.5) is 0 Å². The molecule has 1 saturated carbocycles. The largest absolute Gasteiger partial charge is 0.335 e. The van der Waals surface area contributed by atoms with Crippen LogP contribution in [-0.4, -0.2) is 41.4 Å². The van der Waals surface area contributed by atoms with Gasteiger partial charge in [-0.1, -0.05) is 91.5 Å². The van der Waals surface area contributed by atoms with Crippen LogP contribution >= 0.6 is 11.6 Å². The summed E-state index contributed by atoms with van der Waals surface area (Å²) in [6.45, 7) is 5.82. The zero-order valence-electron chi connectivity index (χ0n) is 21.3. The summed E-state index contributed by atoms with van der Waals surface area (Å²) in [6, 6.07) is 27.2. The van der Waals surface area contributed by atoms with Crippen molar-refractivity contribution < 1.29 is 4.79 Å². The van der Waals surface area contributed by atoms with Crippen LogP contribution in [0.25, 0.3) is 0 Å². The fraction of sp³-hybridized carbons (Fsp3) is 0.406. The quantitative estimate of drug-likeness (QED) is 0.339. The summed E-state index contributed by atoms with van der Waals surface area (Å²) in [6.07, 6.45) is 5.94. The molecule has 0 spiro atoms. The van der Waals surface area contributed by atoms with E-state index in [0.717, 1.165) is 49.6 Å². The minimum absolute atomic E-state index is 0.190. The second-order valence-corrected chi connectivity index (χ2v) is 11.0. The van der Waals surface area contributed by atoms with E-state index >= 15 is 0 Å². The number of amides is 1. The highest BCUT2D eigenvalue weighted by molar-refractivity contribution is 6.31. The molecule has 4 heteroatoms. The third-order valence-electron chi connectivity index (χ3n) is 8.18. The zero-order valence-corrected chi connectivity index (χ0v) is 22.0. The Bertz CT molecular complexity index is 1160. The predicted molar refractivity (Wildman–Crippen MR) is 148 cm³/mol. The van der Waals surface area contributed by atoms with E-state index < -0.39 is 0 Å². The van der Waals surface area contributed by atoms with Gasteiger partial charge in [-0.15, -0.1) is 0 Å². The molecule has 0 radical (unpaired) electrons. The van der Waals surface area contributed by atoms with Crippen molar-refractivity contribution in [3.63, 3.8) is 0 Å². The summed E-state index contributed by atoms with van der Waals surface area (Å²) in [4.78, 5) is 18.6. The molecule has 1 heterocycles. The molecule has 188 valence electrons. The van der Waals surface area contributed by atoms with E-state index in [0.29, 0.717) is 17.9 Å². The molecular formula is C32H37ClN2O. The Morgan fingerprint density at radius 2 is 1.58 bits per heavy atom. The minimum Gasteiger partial charge on any atom is -0.335 e. The van der Waals surface area contributed by atoms with Crippen LogP contribution in [0, 0.1) is 12.8 Å². The summed E-state index contributed by atoms with van der Waals surface area (Å²) in [5, 5.41) is 0.830. The number of carbonyl (C=O) groups excluding carboxylic acids is 1. The zero-order chi connectivity index (χ0) is 24.9. The van der Waals surface area contributed by atoms with Crippen molar-refractivity contribution in [1.29, 1.82) is 0 Å². The minimum atomic E-state index is 0.190. The second kappa shape index (κ2) is 11.6. The molecule has 1 aliphatic heterocycles. The maximum atomic E-state index is 13.9. The van der Waals surface area contributed by atoms with E-state index in [9.17, 15) is 4.79 Å². The molecular weight excluding hydrogens is 464 g/mol. The van der Waals surface area contributed by atoms with Gasteiger partial charge in [0.25, 0.3) is 5.91 Å². The number of benzene rings is 3. The lowest BCUT2D eigenvalue weighted by Crippen LogP contribution is -2.45. The van der Waals surface area contributed by atoms with E-state index in [1.807, 2.05) is 42.5 Å². The van der Waals surface area contributed by atoms with Gasteiger partial charge in [0.15, 0.2) is 0 Å². The Labute approximate surface area is 221 Å². The number of likely N-dealkylation sites (tertiary alicyclic amines) is 1. The average molecular weight is 501 g/mol. The number of hydrogen-bond donors (Lipinski definition) is 0. The highest BCUT2D eigenvalue weighted by atomic mass is 35.5. The van der Waals surface area contributed by atoms with E-state index in [1.54, 1.807) is 0 Å². The number of carbonyl (C=O) groups is 1. The van der Waals surface area contributed by atoms with Crippen molar-refractivity contribution in [2.45, 2.75) is 57.5 Å². The first kappa shape index (κ1) is 25.0. The Morgan fingerprint density at radius 1 is 0.889 bits per heavy atom. The van der Waals surface area contributed by atoms with Crippen molar-refractivity contribution in [3.8, 4) is 0 Å². The molecule has 3 aromatic carbocycles. The lowest BCUT2D eigenvalue weighted by molar-refractivity contribution is 0.0588. The topological polar surface area (TPSA) is 23.6 Å². The molecule has 2 atom stereocenters. The Balaban J connectivity index is 1.43. The number of nitrogens with zero attached hydrogens (tertiary/aromatic N) is 2. The Kier molecular flexibility index (Phi) is 8.09. The van der Waals surface area contributed by atoms with Crippen LogP contribution in [0.1, 0.15) is 65.1 Å². The van der Waals surface area contributed by atoms with Crippen LogP contribution in [0.3, 0.4) is 0 Å². The Morgan fingerprint density at radius 3 is 2.33 bits per heavy atom. The first-order valence-electron chi connectivity index (χ1n) is 13.5. The summed E-state index contributed by atoms with van der Waals surface area (Å²) < 4.78 is 0. The van der Waals surface area contributed by atoms with Gasteiger partial charge in [0.05, 0.1) is 0 Å². The average Bonchev–Trinajstić information content (AvgIpc) is 3.31. The smallest absolute Gasteiger partial charge is 0.254 e. The van der Waals surface area contributed by atoms with Gasteiger partial charge in [0.1, 0.15) is 0 Å². The molecule has 1 amide bonds. The van der Waals surface area contributed by atoms with E-state index in [1.165, 1.54) is 36.0 Å². The second-order valence-electron chi connectivity index (χ2n) is 10.6. The van der Waals surface area contributed by atoms with Crippen molar-refractivity contribution in [2.24, 2.45) is 5.92 Å². The lowest BCUT2D eigenvalue weighted by atomic mass is 9.85. The SMILES string of the molecule is Cc1ccccc1[C@H]1CN(Cc2ccccc2Cl)C[C@@H]1CN(C(=O)c1ccccc1)C1CCCCC1. The summed E-state index contributed by atoms with van der Waals surface area (Å²) >= 11 is 6.53. The molecule has 1 aliphatic carbocycles. The standard InChI is InChI=1S/C32H37ClN2O/c1-24-12-8-10-18-29(24)30-23-34(20-26-15-9-11-19-31(26)33)21-27(30)22-35(28-16-6-3-7-17-28)32(36)25-13-4-2-5-14-25/h2,4-5,8-15,18-19,27-28,30H,3,6-7,16-17,20-23H2,1H3/t27-,30+/m1/s1. The van der Waals surface area contributed by atoms with Crippen LogP contribution in [0.2, 0.25) is 5.02 Å². The molecule has 0 unspecified atom stereocenters. The van der Waals surface area contributed by atoms with Gasteiger partial charge >= 0.3 is 0 Å². The number of hydrogen-bond acceptors (Lipinski definition) is 2. The highest BCUT2D eigenvalue weighted by Gasteiger charge is 2.38. The highest BCUT2D eigenvalue weighted by Crippen LogP contribution is 2.37. The molecule has 0 aromatic heterocycles. The number of rotatable bonds is 7. The molecule has 0 bridgehead atoms. The van der Waals surface area contributed by atoms with E-state index in [4.69, 9.17) is 11.6 Å². The fourth-order valence-electron chi connectivity index (χ4n) is 6.29. The number of halogens is 1. The monoisotopic (exact) mass is 500 g/mol. The predicted octanol–water partition coefficient (Wildman–Crippen LogP) is 7.34. The summed E-state index contributed by atoms with van der Waals surface area (Å²) in [7, 11) is 0. The van der Waals surface area contributed by atoms with Gasteiger partial charge in [-0.3, -0.25) is 9.69 Å². The maximum Gasteiger partial charge on any atom is 0.254 e. The first-order chi connectivity index (χ1) is 17.6. The van der Waals surface area contributed by atoms with Crippen molar-refractivity contribution in [3.05, 3.63) is 106 Å². The van der Waals surface area contributed by atoms with E-state index in [-0.39, 0.29) is 5.91 Å². The maximum absolute atomic E-state index is 13.9. The third-order valence-corrected chi connectivity index (χ3v) is 8.55. The van der Waals surface area contributed by atoms with Gasteiger partial charge in [0, 0.05) is 48.7 Å². The molecule has 3 nitrogen and oxygen atoms in total. The molecule has 0 N–H and O–H groups in total. The van der Waals surface area contributed by atoms with Gasteiger partial charge in [-0.25, -0.2) is 0 Å². The van der Waals surface area contributed by atoms with Crippen LogP contribution in [-0.2, 0) is 6.54 Å². The number of aryl methyl sites for hydroxylation is 1. The normalized spacial score (nSPS) is 20.9. The summed E-state index contributed by atoms with van der Waals surface area (Å²) in [5.41, 5.74) is 4.74. The molecule has 2 fully saturated rings. The van der Waals surface area contributed by atoms with Gasteiger partial charge < -0.3 is 4.90 Å². The molecule has 2 aliphatic rings. The fourth-order valence-corrected chi connectivity index (χ4v) is 6.48. The van der Waals surface area contributed by atoms with Crippen LogP contribution in [0.15, 0.2) is 78.9 Å². The third kappa shape index (κ3) is 5.68. The molecule has 1 saturated heterocycles. The van der Waals surface area contributed by atoms with Gasteiger partial charge in [-0.05, 0) is 60.6 Å². The van der Waals surface area contributed by atoms with Gasteiger partial charge in [0.2, 0.25) is 0 Å². The Hall–Kier alpha value is -2.62. The van der Waals surface area contributed by atoms with E-state index in [2.05, 4.69) is 53.1 Å². The molecule has 3 aromatic rings. The van der Waals surface area contributed by atoms with Gasteiger partial charge in [-0.2, -0.15) is 0 Å². The van der Waals surface area contributed by atoms with Crippen molar-refractivity contribution in [2.75, 3.05) is 19.6 Å². The van der Waals surface area contributed by atoms with Crippen LogP contribution < -0.4 is 0 Å². The van der Waals surface area contributed by atoms with Crippen molar-refractivity contribution >= 4 is 17.5 Å². The molecule has 36 heavy (non-hydrogen) atoms.